The van der Waals surface area contributed by atoms with E-state index in [1.807, 2.05) is 0 Å². The highest BCUT2D eigenvalue weighted by molar-refractivity contribution is 5.74. The van der Waals surface area contributed by atoms with Crippen LogP contribution in [0.5, 0.6) is 0 Å². The maximum Gasteiger partial charge on any atom is 0.335 e. The van der Waals surface area contributed by atoms with E-state index in [1.54, 1.807) is 0 Å². The number of aliphatic carboxylic acids is 1. The van der Waals surface area contributed by atoms with Crippen molar-refractivity contribution in [3.05, 3.63) is 24.3 Å². The predicted octanol–water partition coefficient (Wildman–Crippen LogP) is 17.8. The molecule has 1 saturated heterocycles. The molecule has 0 aromatic rings. The highest BCUT2D eigenvalue weighted by atomic mass is 16.7. The van der Waals surface area contributed by atoms with Crippen molar-refractivity contribution in [1.29, 1.82) is 0 Å². The van der Waals surface area contributed by atoms with Gasteiger partial charge in [-0.25, -0.2) is 4.79 Å². The van der Waals surface area contributed by atoms with Crippen LogP contribution in [0.25, 0.3) is 0 Å². The lowest BCUT2D eigenvalue weighted by Gasteiger charge is -2.40. The van der Waals surface area contributed by atoms with Crippen LogP contribution in [-0.4, -0.2) is 89.2 Å². The zero-order chi connectivity index (χ0) is 57.5. The van der Waals surface area contributed by atoms with E-state index in [4.69, 9.17) is 23.7 Å². The third kappa shape index (κ3) is 45.4. The van der Waals surface area contributed by atoms with Gasteiger partial charge in [-0.1, -0.05) is 283 Å². The topological polar surface area (TPSA) is 175 Å². The Morgan fingerprint density at radius 1 is 0.418 bits per heavy atom. The van der Waals surface area contributed by atoms with Crippen LogP contribution in [0.1, 0.15) is 329 Å². The molecule has 12 heteroatoms. The van der Waals surface area contributed by atoms with Crippen molar-refractivity contribution in [2.45, 2.75) is 366 Å². The fourth-order valence-electron chi connectivity index (χ4n) is 10.4. The van der Waals surface area contributed by atoms with Gasteiger partial charge in [-0.3, -0.25) is 14.4 Å². The minimum absolute atomic E-state index is 0.0660. The Hall–Kier alpha value is -2.80. The fourth-order valence-corrected chi connectivity index (χ4v) is 10.4. The van der Waals surface area contributed by atoms with Gasteiger partial charge >= 0.3 is 23.9 Å². The van der Waals surface area contributed by atoms with E-state index in [0.717, 1.165) is 83.5 Å². The Kier molecular flexibility index (Phi) is 52.3. The number of allylic oxidation sites excluding steroid dienone is 4. The minimum Gasteiger partial charge on any atom is -0.479 e. The standard InChI is InChI=1S/C67H122O12/c1-4-7-10-13-16-19-22-25-28-29-30-31-34-35-38-41-44-47-50-53-59(68)75-56-58(77-60(69)54-51-48-45-42-39-36-32-26-23-20-17-14-11-8-5-2)57-76-67-65(63(72)62(71)64(79-67)66(73)74)78-61(70)55-52-49-46-43-40-37-33-27-24-21-18-15-12-9-6-3/h17,20,26,32,58,62-65,67,71-72H,4-16,18-19,21-25,27-31,33-57H2,1-3H3,(H,73,74)/b20-17-,32-26-. The fraction of sp³-hybridized carbons (Fsp3) is 0.881. The number of carboxylic acid groups (broad SMARTS) is 1. The van der Waals surface area contributed by atoms with Crippen LogP contribution < -0.4 is 0 Å². The largest absolute Gasteiger partial charge is 0.479 e. The van der Waals surface area contributed by atoms with Crippen molar-refractivity contribution in [1.82, 2.24) is 0 Å². The van der Waals surface area contributed by atoms with E-state index in [0.29, 0.717) is 19.3 Å². The number of esters is 3. The van der Waals surface area contributed by atoms with Gasteiger partial charge in [-0.2, -0.15) is 0 Å². The molecule has 1 aliphatic rings. The number of hydrogen-bond acceptors (Lipinski definition) is 11. The molecule has 0 spiro atoms. The summed E-state index contributed by atoms with van der Waals surface area (Å²) in [6.45, 7) is 6.02. The van der Waals surface area contributed by atoms with Gasteiger partial charge in [-0.15, -0.1) is 0 Å². The third-order valence-electron chi connectivity index (χ3n) is 15.5. The van der Waals surface area contributed by atoms with Gasteiger partial charge in [0.25, 0.3) is 0 Å². The average Bonchev–Trinajstić information content (AvgIpc) is 3.46. The number of carbonyl (C=O) groups is 4. The van der Waals surface area contributed by atoms with Crippen molar-refractivity contribution in [2.24, 2.45) is 0 Å². The molecular formula is C67H122O12. The molecule has 0 bridgehead atoms. The molecule has 12 nitrogen and oxygen atoms in total. The smallest absolute Gasteiger partial charge is 0.335 e. The summed E-state index contributed by atoms with van der Waals surface area (Å²) in [6, 6.07) is 0. The first kappa shape index (κ1) is 74.2. The zero-order valence-electron chi connectivity index (χ0n) is 51.1. The van der Waals surface area contributed by atoms with Crippen molar-refractivity contribution < 1.29 is 58.2 Å². The van der Waals surface area contributed by atoms with E-state index >= 15 is 0 Å². The van der Waals surface area contributed by atoms with Gasteiger partial charge in [0.15, 0.2) is 24.6 Å². The molecule has 6 atom stereocenters. The first-order valence-corrected chi connectivity index (χ1v) is 33.3. The molecule has 0 saturated carbocycles. The van der Waals surface area contributed by atoms with Crippen LogP contribution in [0.3, 0.4) is 0 Å². The zero-order valence-corrected chi connectivity index (χ0v) is 51.1. The summed E-state index contributed by atoms with van der Waals surface area (Å²) in [5.41, 5.74) is 0. The summed E-state index contributed by atoms with van der Waals surface area (Å²) < 4.78 is 28.6. The number of aliphatic hydroxyl groups excluding tert-OH is 2. The molecule has 1 rings (SSSR count). The van der Waals surface area contributed by atoms with Crippen molar-refractivity contribution in [2.75, 3.05) is 13.2 Å². The third-order valence-corrected chi connectivity index (χ3v) is 15.5. The second-order valence-corrected chi connectivity index (χ2v) is 23.1. The Morgan fingerprint density at radius 3 is 1.16 bits per heavy atom. The summed E-state index contributed by atoms with van der Waals surface area (Å²) in [5.74, 6) is -3.09. The summed E-state index contributed by atoms with van der Waals surface area (Å²) >= 11 is 0. The molecule has 0 radical (unpaired) electrons. The maximum absolute atomic E-state index is 13.2. The van der Waals surface area contributed by atoms with Crippen molar-refractivity contribution in [3.8, 4) is 0 Å². The van der Waals surface area contributed by atoms with Gasteiger partial charge in [0.1, 0.15) is 18.8 Å². The number of carboxylic acids is 1. The lowest BCUT2D eigenvalue weighted by molar-refractivity contribution is -0.301. The van der Waals surface area contributed by atoms with Crippen LogP contribution in [0.4, 0.5) is 0 Å². The summed E-state index contributed by atoms with van der Waals surface area (Å²) in [4.78, 5) is 51.3. The summed E-state index contributed by atoms with van der Waals surface area (Å²) in [5, 5.41) is 31.6. The van der Waals surface area contributed by atoms with Crippen LogP contribution in [-0.2, 0) is 42.9 Å². The molecular weight excluding hydrogens is 997 g/mol. The molecule has 1 aliphatic heterocycles. The van der Waals surface area contributed by atoms with Crippen molar-refractivity contribution in [3.63, 3.8) is 0 Å². The molecule has 462 valence electrons. The lowest BCUT2D eigenvalue weighted by Crippen LogP contribution is -2.61. The average molecular weight is 1120 g/mol. The molecule has 79 heavy (non-hydrogen) atoms. The molecule has 0 aliphatic carbocycles. The van der Waals surface area contributed by atoms with Crippen LogP contribution in [0.2, 0.25) is 0 Å². The van der Waals surface area contributed by atoms with Crippen molar-refractivity contribution >= 4 is 23.9 Å². The Labute approximate surface area is 483 Å². The highest BCUT2D eigenvalue weighted by Crippen LogP contribution is 2.27. The SMILES string of the molecule is CCCCC/C=C\C/C=C\CCCCCCCC(=O)OC(COC(=O)CCCCCCCCCCCCCCCCCCCCC)COC1OC(C(=O)O)C(O)C(O)C1OC(=O)CCCCCCCCCCCCCCCCC. The Balaban J connectivity index is 2.63. The van der Waals surface area contributed by atoms with E-state index in [-0.39, 0.29) is 25.9 Å². The van der Waals surface area contributed by atoms with E-state index in [2.05, 4.69) is 45.1 Å². The predicted molar refractivity (Wildman–Crippen MR) is 322 cm³/mol. The number of rotatable bonds is 58. The van der Waals surface area contributed by atoms with Gasteiger partial charge in [-0.05, 0) is 51.4 Å². The number of hydrogen-bond donors (Lipinski definition) is 3. The first-order valence-electron chi connectivity index (χ1n) is 33.3. The summed E-state index contributed by atoms with van der Waals surface area (Å²) in [6.07, 6.45) is 52.8. The van der Waals surface area contributed by atoms with E-state index < -0.39 is 67.3 Å². The Morgan fingerprint density at radius 2 is 0.759 bits per heavy atom. The molecule has 0 aromatic carbocycles. The van der Waals surface area contributed by atoms with Crippen LogP contribution in [0, 0.1) is 0 Å². The van der Waals surface area contributed by atoms with Crippen LogP contribution >= 0.6 is 0 Å². The lowest BCUT2D eigenvalue weighted by atomic mass is 9.98. The Bertz CT molecular complexity index is 1470. The quantitative estimate of drug-likeness (QED) is 0.0228. The first-order chi connectivity index (χ1) is 38.6. The molecule has 0 aromatic heterocycles. The monoisotopic (exact) mass is 1120 g/mol. The molecule has 1 heterocycles. The number of carbonyl (C=O) groups excluding carboxylic acids is 3. The second kappa shape index (κ2) is 55.7. The summed E-state index contributed by atoms with van der Waals surface area (Å²) in [7, 11) is 0. The van der Waals surface area contributed by atoms with E-state index in [9.17, 15) is 34.5 Å². The highest BCUT2D eigenvalue weighted by Gasteiger charge is 2.50. The number of unbranched alkanes of at least 4 members (excludes halogenated alkanes) is 40. The van der Waals surface area contributed by atoms with E-state index in [1.165, 1.54) is 186 Å². The van der Waals surface area contributed by atoms with Gasteiger partial charge in [0.05, 0.1) is 6.61 Å². The molecule has 3 N–H and O–H groups in total. The number of ether oxygens (including phenoxy) is 5. The number of aliphatic hydroxyl groups is 2. The second-order valence-electron chi connectivity index (χ2n) is 23.1. The molecule has 0 amide bonds. The van der Waals surface area contributed by atoms with Gasteiger partial charge < -0.3 is 39.0 Å². The minimum atomic E-state index is -1.90. The maximum atomic E-state index is 13.2. The van der Waals surface area contributed by atoms with Crippen LogP contribution in [0.15, 0.2) is 24.3 Å². The molecule has 6 unspecified atom stereocenters. The van der Waals surface area contributed by atoms with Gasteiger partial charge in [0, 0.05) is 19.3 Å². The normalized spacial score (nSPS) is 17.9. The van der Waals surface area contributed by atoms with Gasteiger partial charge in [0.2, 0.25) is 0 Å². The molecule has 1 fully saturated rings.